The zero-order valence-corrected chi connectivity index (χ0v) is 13.2. The lowest BCUT2D eigenvalue weighted by Gasteiger charge is -2.25. The van der Waals surface area contributed by atoms with E-state index in [4.69, 9.17) is 4.74 Å². The smallest absolute Gasteiger partial charge is 0.191 e. The summed E-state index contributed by atoms with van der Waals surface area (Å²) in [5.41, 5.74) is -0.0129. The Morgan fingerprint density at radius 1 is 1.20 bits per heavy atom. The largest absolute Gasteiger partial charge is 0.373 e. The summed E-state index contributed by atoms with van der Waals surface area (Å²) in [6.07, 6.45) is 10.7. The van der Waals surface area contributed by atoms with Crippen molar-refractivity contribution in [2.75, 3.05) is 26.7 Å². The van der Waals surface area contributed by atoms with Crippen LogP contribution in [0, 0.1) is 5.92 Å². The van der Waals surface area contributed by atoms with Crippen LogP contribution in [-0.4, -0.2) is 38.3 Å². The number of nitrogens with one attached hydrogen (secondary N) is 2. The van der Waals surface area contributed by atoms with Crippen LogP contribution in [0.3, 0.4) is 0 Å². The summed E-state index contributed by atoms with van der Waals surface area (Å²) in [4.78, 5) is 4.30. The summed E-state index contributed by atoms with van der Waals surface area (Å²) in [6, 6.07) is 0. The topological polar surface area (TPSA) is 45.7 Å². The van der Waals surface area contributed by atoms with Gasteiger partial charge in [0.15, 0.2) is 5.96 Å². The average molecular weight is 281 g/mol. The molecule has 0 radical (unpaired) electrons. The van der Waals surface area contributed by atoms with Crippen LogP contribution in [-0.2, 0) is 4.74 Å². The summed E-state index contributed by atoms with van der Waals surface area (Å²) in [7, 11) is 1.84. The fourth-order valence-electron chi connectivity index (χ4n) is 3.34. The summed E-state index contributed by atoms with van der Waals surface area (Å²) < 4.78 is 5.79. The van der Waals surface area contributed by atoms with E-state index in [1.807, 2.05) is 7.05 Å². The van der Waals surface area contributed by atoms with E-state index in [0.29, 0.717) is 0 Å². The fourth-order valence-corrected chi connectivity index (χ4v) is 3.34. The van der Waals surface area contributed by atoms with Gasteiger partial charge in [-0.25, -0.2) is 0 Å². The van der Waals surface area contributed by atoms with Crippen molar-refractivity contribution in [3.63, 3.8) is 0 Å². The van der Waals surface area contributed by atoms with Crippen LogP contribution in [0.1, 0.15) is 58.3 Å². The maximum atomic E-state index is 5.79. The third-order valence-corrected chi connectivity index (χ3v) is 4.72. The molecule has 1 unspecified atom stereocenters. The highest BCUT2D eigenvalue weighted by molar-refractivity contribution is 5.79. The van der Waals surface area contributed by atoms with Crippen molar-refractivity contribution in [3.05, 3.63) is 0 Å². The van der Waals surface area contributed by atoms with E-state index in [-0.39, 0.29) is 5.60 Å². The summed E-state index contributed by atoms with van der Waals surface area (Å²) in [5, 5.41) is 6.84. The van der Waals surface area contributed by atoms with Crippen LogP contribution in [0.4, 0.5) is 0 Å². The lowest BCUT2D eigenvalue weighted by Crippen LogP contribution is -2.45. The van der Waals surface area contributed by atoms with Crippen LogP contribution in [0.25, 0.3) is 0 Å². The normalized spacial score (nSPS) is 28.6. The van der Waals surface area contributed by atoms with Crippen molar-refractivity contribution < 1.29 is 4.74 Å². The van der Waals surface area contributed by atoms with Crippen molar-refractivity contribution in [1.29, 1.82) is 0 Å². The van der Waals surface area contributed by atoms with Crippen molar-refractivity contribution in [1.82, 2.24) is 10.6 Å². The maximum absolute atomic E-state index is 5.79. The zero-order valence-electron chi connectivity index (χ0n) is 13.2. The Morgan fingerprint density at radius 2 is 2.00 bits per heavy atom. The number of hydrogen-bond donors (Lipinski definition) is 2. The van der Waals surface area contributed by atoms with E-state index < -0.39 is 0 Å². The quantitative estimate of drug-likeness (QED) is 0.601. The Balaban J connectivity index is 1.62. The van der Waals surface area contributed by atoms with Gasteiger partial charge in [-0.15, -0.1) is 0 Å². The van der Waals surface area contributed by atoms with Crippen molar-refractivity contribution >= 4 is 5.96 Å². The van der Waals surface area contributed by atoms with Crippen molar-refractivity contribution in [3.8, 4) is 0 Å². The van der Waals surface area contributed by atoms with E-state index in [1.54, 1.807) is 0 Å². The van der Waals surface area contributed by atoms with Gasteiger partial charge in [0.05, 0.1) is 5.60 Å². The molecule has 2 fully saturated rings. The SMILES string of the molecule is CN=C(NCCC1CCCCC1)NCC1(C)CCCO1. The number of rotatable bonds is 5. The Labute approximate surface area is 123 Å². The van der Waals surface area contributed by atoms with Gasteiger partial charge in [-0.05, 0) is 32.1 Å². The van der Waals surface area contributed by atoms with Gasteiger partial charge in [0, 0.05) is 26.7 Å². The van der Waals surface area contributed by atoms with Crippen LogP contribution in [0.15, 0.2) is 4.99 Å². The van der Waals surface area contributed by atoms with Gasteiger partial charge in [-0.1, -0.05) is 32.1 Å². The van der Waals surface area contributed by atoms with Gasteiger partial charge < -0.3 is 15.4 Å². The van der Waals surface area contributed by atoms with E-state index >= 15 is 0 Å². The number of ether oxygens (including phenoxy) is 1. The summed E-state index contributed by atoms with van der Waals surface area (Å²) >= 11 is 0. The minimum atomic E-state index is -0.0129. The Hall–Kier alpha value is -0.770. The van der Waals surface area contributed by atoms with Crippen molar-refractivity contribution in [2.24, 2.45) is 10.9 Å². The van der Waals surface area contributed by atoms with Gasteiger partial charge in [0.1, 0.15) is 0 Å². The highest BCUT2D eigenvalue weighted by atomic mass is 16.5. The number of hydrogen-bond acceptors (Lipinski definition) is 2. The Bertz CT molecular complexity index is 305. The lowest BCUT2D eigenvalue weighted by molar-refractivity contribution is 0.0243. The van der Waals surface area contributed by atoms with E-state index in [9.17, 15) is 0 Å². The van der Waals surface area contributed by atoms with Gasteiger partial charge in [0.2, 0.25) is 0 Å². The molecule has 1 saturated carbocycles. The Kier molecular flexibility index (Phi) is 6.14. The first-order valence-corrected chi connectivity index (χ1v) is 8.30. The summed E-state index contributed by atoms with van der Waals surface area (Å²) in [5.74, 6) is 1.84. The van der Waals surface area contributed by atoms with Gasteiger partial charge in [-0.3, -0.25) is 4.99 Å². The fraction of sp³-hybridized carbons (Fsp3) is 0.938. The monoisotopic (exact) mass is 281 g/mol. The minimum absolute atomic E-state index is 0.0129. The number of aliphatic imine (C=N–C) groups is 1. The molecule has 1 aliphatic carbocycles. The molecule has 116 valence electrons. The molecule has 1 atom stereocenters. The van der Waals surface area contributed by atoms with Crippen LogP contribution >= 0.6 is 0 Å². The Morgan fingerprint density at radius 3 is 2.65 bits per heavy atom. The molecule has 20 heavy (non-hydrogen) atoms. The molecule has 1 aliphatic heterocycles. The van der Waals surface area contributed by atoms with Gasteiger partial charge >= 0.3 is 0 Å². The third-order valence-electron chi connectivity index (χ3n) is 4.72. The highest BCUT2D eigenvalue weighted by Crippen LogP contribution is 2.26. The average Bonchev–Trinajstić information content (AvgIpc) is 2.91. The molecule has 2 aliphatic rings. The summed E-state index contributed by atoms with van der Waals surface area (Å²) in [6.45, 7) is 4.95. The molecule has 4 nitrogen and oxygen atoms in total. The van der Waals surface area contributed by atoms with E-state index in [0.717, 1.165) is 38.0 Å². The molecule has 4 heteroatoms. The maximum Gasteiger partial charge on any atom is 0.191 e. The molecule has 1 heterocycles. The molecule has 0 spiro atoms. The first kappa shape index (κ1) is 15.6. The molecule has 0 amide bonds. The lowest BCUT2D eigenvalue weighted by atomic mass is 9.87. The second-order valence-electron chi connectivity index (χ2n) is 6.55. The second kappa shape index (κ2) is 7.87. The van der Waals surface area contributed by atoms with Gasteiger partial charge in [0.25, 0.3) is 0 Å². The molecule has 1 saturated heterocycles. The standard InChI is InChI=1S/C16H31N3O/c1-16(10-6-12-20-16)13-19-15(17-2)18-11-9-14-7-4-3-5-8-14/h14H,3-13H2,1-2H3,(H2,17,18,19). The first-order valence-electron chi connectivity index (χ1n) is 8.30. The molecule has 0 aromatic rings. The first-order chi connectivity index (χ1) is 9.72. The predicted molar refractivity (Wildman–Crippen MR) is 84.1 cm³/mol. The number of nitrogens with zero attached hydrogens (tertiary/aromatic N) is 1. The predicted octanol–water partition coefficient (Wildman–Crippen LogP) is 2.69. The molecule has 0 bridgehead atoms. The minimum Gasteiger partial charge on any atom is -0.373 e. The molecule has 0 aromatic carbocycles. The van der Waals surface area contributed by atoms with Crippen molar-refractivity contribution in [2.45, 2.75) is 63.9 Å². The molecule has 0 aromatic heterocycles. The zero-order chi connectivity index (χ0) is 14.3. The molecular formula is C16H31N3O. The second-order valence-corrected chi connectivity index (χ2v) is 6.55. The molecule has 2 rings (SSSR count). The highest BCUT2D eigenvalue weighted by Gasteiger charge is 2.29. The van der Waals surface area contributed by atoms with Crippen LogP contribution in [0.5, 0.6) is 0 Å². The van der Waals surface area contributed by atoms with E-state index in [1.165, 1.54) is 44.9 Å². The van der Waals surface area contributed by atoms with Crippen LogP contribution < -0.4 is 10.6 Å². The van der Waals surface area contributed by atoms with Gasteiger partial charge in [-0.2, -0.15) is 0 Å². The van der Waals surface area contributed by atoms with E-state index in [2.05, 4.69) is 22.5 Å². The molecular weight excluding hydrogens is 250 g/mol. The molecule has 2 N–H and O–H groups in total. The third kappa shape index (κ3) is 4.97. The number of guanidine groups is 1. The van der Waals surface area contributed by atoms with Crippen LogP contribution in [0.2, 0.25) is 0 Å².